The topological polar surface area (TPSA) is 54.7 Å². The number of alkyl halides is 3. The third-order valence-corrected chi connectivity index (χ3v) is 2.19. The fourth-order valence-corrected chi connectivity index (χ4v) is 1.13. The van der Waals surface area contributed by atoms with Crippen molar-refractivity contribution in [3.8, 4) is 0 Å². The van der Waals surface area contributed by atoms with Crippen molar-refractivity contribution >= 4 is 15.9 Å². The lowest BCUT2D eigenvalue weighted by molar-refractivity contribution is -0.147. The number of H-pyrrole nitrogens is 1. The van der Waals surface area contributed by atoms with Gasteiger partial charge in [0.05, 0.1) is 16.4 Å². The van der Waals surface area contributed by atoms with Crippen LogP contribution in [0.5, 0.6) is 0 Å². The summed E-state index contributed by atoms with van der Waals surface area (Å²) in [6, 6.07) is -1.86. The molecule has 0 amide bonds. The van der Waals surface area contributed by atoms with Crippen molar-refractivity contribution in [3.05, 3.63) is 16.4 Å². The van der Waals surface area contributed by atoms with Crippen LogP contribution in [0.4, 0.5) is 13.2 Å². The average molecular weight is 258 g/mol. The number of nitrogens with two attached hydrogens (primary N) is 1. The second-order valence-electron chi connectivity index (χ2n) is 2.55. The molecule has 0 saturated heterocycles. The van der Waals surface area contributed by atoms with Crippen LogP contribution in [0.25, 0.3) is 0 Å². The molecule has 0 fully saturated rings. The molecule has 1 atom stereocenters. The molecular weight excluding hydrogens is 251 g/mol. The predicted molar refractivity (Wildman–Crippen MR) is 44.0 cm³/mol. The maximum atomic E-state index is 12.0. The first kappa shape index (κ1) is 10.5. The third kappa shape index (κ3) is 2.70. The van der Waals surface area contributed by atoms with Crippen molar-refractivity contribution in [3.63, 3.8) is 0 Å². The highest BCUT2D eigenvalue weighted by Crippen LogP contribution is 2.23. The van der Waals surface area contributed by atoms with Crippen LogP contribution in [0.1, 0.15) is 5.69 Å². The second-order valence-corrected chi connectivity index (χ2v) is 3.40. The maximum absolute atomic E-state index is 12.0. The molecule has 0 aliphatic rings. The van der Waals surface area contributed by atoms with Gasteiger partial charge in [0, 0.05) is 6.42 Å². The third-order valence-electron chi connectivity index (χ3n) is 1.51. The smallest absolute Gasteiger partial charge is 0.320 e. The number of nitrogens with zero attached hydrogens (tertiary/aromatic N) is 1. The Morgan fingerprint density at radius 1 is 1.62 bits per heavy atom. The first-order valence-corrected chi connectivity index (χ1v) is 4.20. The van der Waals surface area contributed by atoms with E-state index in [1.54, 1.807) is 0 Å². The molecule has 7 heteroatoms. The van der Waals surface area contributed by atoms with Gasteiger partial charge in [-0.25, -0.2) is 0 Å². The van der Waals surface area contributed by atoms with Crippen LogP contribution in [0.15, 0.2) is 10.7 Å². The van der Waals surface area contributed by atoms with E-state index in [1.165, 1.54) is 6.20 Å². The largest absolute Gasteiger partial charge is 0.404 e. The predicted octanol–water partition coefficient (Wildman–Crippen LogP) is 1.60. The highest BCUT2D eigenvalue weighted by Gasteiger charge is 2.37. The lowest BCUT2D eigenvalue weighted by Gasteiger charge is -2.14. The second kappa shape index (κ2) is 3.67. The van der Waals surface area contributed by atoms with Gasteiger partial charge in [-0.2, -0.15) is 18.3 Å². The molecule has 1 aromatic heterocycles. The van der Waals surface area contributed by atoms with Crippen LogP contribution in [0.3, 0.4) is 0 Å². The van der Waals surface area contributed by atoms with E-state index < -0.39 is 12.2 Å². The molecule has 0 spiro atoms. The van der Waals surface area contributed by atoms with E-state index >= 15 is 0 Å². The van der Waals surface area contributed by atoms with Crippen molar-refractivity contribution in [2.45, 2.75) is 18.6 Å². The minimum Gasteiger partial charge on any atom is -0.320 e. The van der Waals surface area contributed by atoms with Gasteiger partial charge in [-0.1, -0.05) is 0 Å². The fraction of sp³-hybridized carbons (Fsp3) is 0.500. The van der Waals surface area contributed by atoms with Crippen LogP contribution in [-0.4, -0.2) is 22.4 Å². The normalized spacial score (nSPS) is 14.5. The molecule has 1 rings (SSSR count). The van der Waals surface area contributed by atoms with Crippen LogP contribution in [0, 0.1) is 0 Å². The minimum absolute atomic E-state index is 0.302. The van der Waals surface area contributed by atoms with E-state index in [1.807, 2.05) is 0 Å². The highest BCUT2D eigenvalue weighted by atomic mass is 79.9. The summed E-state index contributed by atoms with van der Waals surface area (Å²) < 4.78 is 36.5. The van der Waals surface area contributed by atoms with E-state index in [-0.39, 0.29) is 6.42 Å². The van der Waals surface area contributed by atoms with Gasteiger partial charge in [0.25, 0.3) is 0 Å². The zero-order valence-electron chi connectivity index (χ0n) is 6.40. The molecule has 3 nitrogen and oxygen atoms in total. The first-order chi connectivity index (χ1) is 5.91. The van der Waals surface area contributed by atoms with E-state index in [2.05, 4.69) is 26.1 Å². The van der Waals surface area contributed by atoms with Gasteiger partial charge in [0.2, 0.25) is 0 Å². The number of hydrogen-bond donors (Lipinski definition) is 2. The number of aromatic amines is 1. The van der Waals surface area contributed by atoms with Gasteiger partial charge >= 0.3 is 6.18 Å². The molecular formula is C6H7BrF3N3. The van der Waals surface area contributed by atoms with E-state index in [0.29, 0.717) is 10.2 Å². The summed E-state index contributed by atoms with van der Waals surface area (Å²) in [5.41, 5.74) is 5.27. The molecule has 3 N–H and O–H groups in total. The Labute approximate surface area is 80.6 Å². The van der Waals surface area contributed by atoms with Crippen molar-refractivity contribution in [1.82, 2.24) is 10.2 Å². The molecule has 1 heterocycles. The summed E-state index contributed by atoms with van der Waals surface area (Å²) in [6.45, 7) is 0. The fourth-order valence-electron chi connectivity index (χ4n) is 0.777. The Morgan fingerprint density at radius 3 is 2.62 bits per heavy atom. The molecule has 0 radical (unpaired) electrons. The number of halogens is 4. The summed E-state index contributed by atoms with van der Waals surface area (Å²) in [5, 5.41) is 5.99. The van der Waals surface area contributed by atoms with Crippen LogP contribution in [0.2, 0.25) is 0 Å². The molecule has 13 heavy (non-hydrogen) atoms. The van der Waals surface area contributed by atoms with Crippen LogP contribution in [-0.2, 0) is 6.42 Å². The quantitative estimate of drug-likeness (QED) is 0.846. The number of nitrogens with one attached hydrogen (secondary N) is 1. The Balaban J connectivity index is 2.65. The van der Waals surface area contributed by atoms with Gasteiger partial charge in [-0.3, -0.25) is 5.10 Å². The highest BCUT2D eigenvalue weighted by molar-refractivity contribution is 9.10. The van der Waals surface area contributed by atoms with Gasteiger partial charge < -0.3 is 5.73 Å². The SMILES string of the molecule is NC(Cc1[nH]ncc1Br)C(F)(F)F. The number of hydrogen-bond acceptors (Lipinski definition) is 2. The Bertz CT molecular complexity index is 283. The maximum Gasteiger partial charge on any atom is 0.404 e. The van der Waals surface area contributed by atoms with Crippen molar-refractivity contribution in [2.75, 3.05) is 0 Å². The molecule has 0 saturated carbocycles. The molecule has 0 aliphatic carbocycles. The molecule has 1 unspecified atom stereocenters. The van der Waals surface area contributed by atoms with Gasteiger partial charge in [-0.15, -0.1) is 0 Å². The van der Waals surface area contributed by atoms with Gasteiger partial charge in [0.1, 0.15) is 6.04 Å². The number of aromatic nitrogens is 2. The van der Waals surface area contributed by atoms with Crippen LogP contribution < -0.4 is 5.73 Å². The summed E-state index contributed by atoms with van der Waals surface area (Å²) in [4.78, 5) is 0. The standard InChI is InChI=1S/C6H7BrF3N3/c7-3-2-12-13-4(3)1-5(11)6(8,9)10/h2,5H,1,11H2,(H,12,13). The van der Waals surface area contributed by atoms with Crippen LogP contribution >= 0.6 is 15.9 Å². The summed E-state index contributed by atoms with van der Waals surface area (Å²) in [6.07, 6.45) is -3.28. The van der Waals surface area contributed by atoms with E-state index in [9.17, 15) is 13.2 Å². The lowest BCUT2D eigenvalue weighted by atomic mass is 10.1. The molecule has 0 aromatic carbocycles. The zero-order valence-corrected chi connectivity index (χ0v) is 7.98. The van der Waals surface area contributed by atoms with Gasteiger partial charge in [-0.05, 0) is 15.9 Å². The molecule has 1 aromatic rings. The number of rotatable bonds is 2. The van der Waals surface area contributed by atoms with Crippen molar-refractivity contribution in [2.24, 2.45) is 5.73 Å². The van der Waals surface area contributed by atoms with Crippen molar-refractivity contribution in [1.29, 1.82) is 0 Å². The Kier molecular flexibility index (Phi) is 2.97. The Morgan fingerprint density at radius 2 is 2.23 bits per heavy atom. The minimum atomic E-state index is -4.37. The zero-order chi connectivity index (χ0) is 10.1. The van der Waals surface area contributed by atoms with Gasteiger partial charge in [0.15, 0.2) is 0 Å². The summed E-state index contributed by atoms with van der Waals surface area (Å²) >= 11 is 3.04. The van der Waals surface area contributed by atoms with E-state index in [0.717, 1.165) is 0 Å². The molecule has 0 aliphatic heterocycles. The van der Waals surface area contributed by atoms with Crippen molar-refractivity contribution < 1.29 is 13.2 Å². The van der Waals surface area contributed by atoms with E-state index in [4.69, 9.17) is 5.73 Å². The monoisotopic (exact) mass is 257 g/mol. The summed E-state index contributed by atoms with van der Waals surface area (Å²) in [5.74, 6) is 0. The summed E-state index contributed by atoms with van der Waals surface area (Å²) in [7, 11) is 0. The average Bonchev–Trinajstić information content (AvgIpc) is 2.34. The lowest BCUT2D eigenvalue weighted by Crippen LogP contribution is -2.39. The molecule has 74 valence electrons. The first-order valence-electron chi connectivity index (χ1n) is 3.41. The molecule has 0 bridgehead atoms. The Hall–Kier alpha value is -0.560.